The Morgan fingerprint density at radius 2 is 1.61 bits per heavy atom. The third kappa shape index (κ3) is 3.07. The molecule has 2 nitrogen and oxygen atoms in total. The lowest BCUT2D eigenvalue weighted by Crippen LogP contribution is -2.62. The van der Waals surface area contributed by atoms with Crippen molar-refractivity contribution < 1.29 is 9.53 Å². The van der Waals surface area contributed by atoms with Crippen LogP contribution in [0.5, 0.6) is 0 Å². The van der Waals surface area contributed by atoms with Crippen LogP contribution in [0.15, 0.2) is 11.6 Å². The van der Waals surface area contributed by atoms with Crippen molar-refractivity contribution in [3.05, 3.63) is 11.6 Å². The number of carbonyl (C=O) groups excluding carboxylic acids is 1. The van der Waals surface area contributed by atoms with Crippen molar-refractivity contribution in [1.82, 2.24) is 0 Å². The van der Waals surface area contributed by atoms with Gasteiger partial charge in [0.15, 0.2) is 0 Å². The van der Waals surface area contributed by atoms with Crippen molar-refractivity contribution in [2.75, 3.05) is 0 Å². The average molecular weight is 455 g/mol. The van der Waals surface area contributed by atoms with E-state index in [9.17, 15) is 4.79 Å². The number of allylic oxidation sites excluding steroid dienone is 2. The highest BCUT2D eigenvalue weighted by Crippen LogP contribution is 2.77. The molecule has 4 saturated carbocycles. The van der Waals surface area contributed by atoms with Crippen LogP contribution < -0.4 is 0 Å². The van der Waals surface area contributed by atoms with Crippen molar-refractivity contribution in [2.24, 2.45) is 50.2 Å². The fourth-order valence-corrected chi connectivity index (χ4v) is 11.0. The molecule has 186 valence electrons. The first-order valence-electron chi connectivity index (χ1n) is 14.0. The quantitative estimate of drug-likeness (QED) is 0.294. The van der Waals surface area contributed by atoms with E-state index in [1.165, 1.54) is 51.4 Å². The minimum atomic E-state index is -0.111. The van der Waals surface area contributed by atoms with E-state index < -0.39 is 0 Å². The van der Waals surface area contributed by atoms with Gasteiger partial charge in [-0.05, 0) is 103 Å². The SMILES string of the molecule is CC(=O)OC1CCC2(C)C(CCC3(C)C2CC=C2C4CC(C)(C)CCC4(C)CC23C)C1(C)C. The monoisotopic (exact) mass is 454 g/mol. The van der Waals surface area contributed by atoms with Gasteiger partial charge in [0.1, 0.15) is 6.10 Å². The minimum Gasteiger partial charge on any atom is -0.462 e. The summed E-state index contributed by atoms with van der Waals surface area (Å²) in [6, 6.07) is 0. The van der Waals surface area contributed by atoms with E-state index in [1.807, 2.05) is 5.57 Å². The topological polar surface area (TPSA) is 26.3 Å². The Bertz CT molecular complexity index is 881. The predicted molar refractivity (Wildman–Crippen MR) is 136 cm³/mol. The summed E-state index contributed by atoms with van der Waals surface area (Å²) in [5.41, 5.74) is 3.90. The van der Waals surface area contributed by atoms with E-state index >= 15 is 0 Å². The fourth-order valence-electron chi connectivity index (χ4n) is 11.0. The van der Waals surface area contributed by atoms with Crippen LogP contribution in [0.1, 0.15) is 120 Å². The van der Waals surface area contributed by atoms with E-state index in [-0.39, 0.29) is 17.5 Å². The van der Waals surface area contributed by atoms with E-state index in [2.05, 4.69) is 61.5 Å². The lowest BCUT2D eigenvalue weighted by molar-refractivity contribution is -0.205. The van der Waals surface area contributed by atoms with Gasteiger partial charge in [0.2, 0.25) is 0 Å². The second-order valence-corrected chi connectivity index (χ2v) is 15.5. The van der Waals surface area contributed by atoms with Crippen molar-refractivity contribution in [3.8, 4) is 0 Å². The fraction of sp³-hybridized carbons (Fsp3) is 0.903. The first-order chi connectivity index (χ1) is 15.1. The molecule has 0 heterocycles. The van der Waals surface area contributed by atoms with Crippen LogP contribution in [0.25, 0.3) is 0 Å². The summed E-state index contributed by atoms with van der Waals surface area (Å²) in [4.78, 5) is 11.9. The van der Waals surface area contributed by atoms with Crippen LogP contribution >= 0.6 is 0 Å². The zero-order chi connectivity index (χ0) is 24.2. The van der Waals surface area contributed by atoms with Gasteiger partial charge in [-0.3, -0.25) is 4.79 Å². The van der Waals surface area contributed by atoms with Crippen LogP contribution in [-0.2, 0) is 9.53 Å². The van der Waals surface area contributed by atoms with Crippen molar-refractivity contribution >= 4 is 5.97 Å². The molecular formula is C31H50O2. The molecule has 0 spiro atoms. The summed E-state index contributed by atoms with van der Waals surface area (Å²) < 4.78 is 5.90. The average Bonchev–Trinajstić information content (AvgIpc) is 2.91. The molecule has 5 aliphatic rings. The molecule has 0 aromatic rings. The number of hydrogen-bond acceptors (Lipinski definition) is 2. The van der Waals surface area contributed by atoms with Crippen LogP contribution in [0.2, 0.25) is 0 Å². The molecule has 0 N–H and O–H groups in total. The number of ether oxygens (including phenoxy) is 1. The molecule has 0 saturated heterocycles. The maximum absolute atomic E-state index is 11.9. The summed E-state index contributed by atoms with van der Waals surface area (Å²) >= 11 is 0. The molecule has 8 unspecified atom stereocenters. The molecular weight excluding hydrogens is 404 g/mol. The molecule has 5 rings (SSSR count). The zero-order valence-electron chi connectivity index (χ0n) is 23.1. The zero-order valence-corrected chi connectivity index (χ0v) is 23.1. The molecule has 0 aliphatic heterocycles. The van der Waals surface area contributed by atoms with Crippen LogP contribution in [0.3, 0.4) is 0 Å². The Balaban J connectivity index is 1.53. The smallest absolute Gasteiger partial charge is 0.302 e. The molecule has 33 heavy (non-hydrogen) atoms. The highest BCUT2D eigenvalue weighted by molar-refractivity contribution is 5.66. The van der Waals surface area contributed by atoms with Gasteiger partial charge in [-0.25, -0.2) is 0 Å². The summed E-state index contributed by atoms with van der Waals surface area (Å²) in [5, 5.41) is 0. The predicted octanol–water partition coefficient (Wildman–Crippen LogP) is 8.35. The Kier molecular flexibility index (Phi) is 5.01. The molecule has 0 aromatic carbocycles. The first-order valence-corrected chi connectivity index (χ1v) is 14.0. The number of hydrogen-bond donors (Lipinski definition) is 0. The Hall–Kier alpha value is -0.790. The first kappa shape index (κ1) is 23.9. The molecule has 4 fully saturated rings. The second kappa shape index (κ2) is 6.91. The van der Waals surface area contributed by atoms with Crippen LogP contribution in [0, 0.1) is 50.2 Å². The largest absolute Gasteiger partial charge is 0.462 e. The molecule has 5 aliphatic carbocycles. The van der Waals surface area contributed by atoms with Crippen LogP contribution in [-0.4, -0.2) is 12.1 Å². The van der Waals surface area contributed by atoms with Crippen molar-refractivity contribution in [2.45, 2.75) is 126 Å². The summed E-state index contributed by atoms with van der Waals surface area (Å²) in [5.74, 6) is 2.02. The highest BCUT2D eigenvalue weighted by Gasteiger charge is 2.70. The molecule has 8 atom stereocenters. The highest BCUT2D eigenvalue weighted by atomic mass is 16.5. The van der Waals surface area contributed by atoms with Gasteiger partial charge < -0.3 is 4.74 Å². The second-order valence-electron chi connectivity index (χ2n) is 15.5. The van der Waals surface area contributed by atoms with Crippen molar-refractivity contribution in [1.29, 1.82) is 0 Å². The van der Waals surface area contributed by atoms with E-state index in [1.54, 1.807) is 6.92 Å². The number of fused-ring (bicyclic) bond motifs is 7. The maximum atomic E-state index is 11.9. The molecule has 0 radical (unpaired) electrons. The lowest BCUT2D eigenvalue weighted by atomic mass is 9.37. The lowest BCUT2D eigenvalue weighted by Gasteiger charge is -2.68. The maximum Gasteiger partial charge on any atom is 0.302 e. The minimum absolute atomic E-state index is 0.0462. The van der Waals surface area contributed by atoms with Crippen molar-refractivity contribution in [3.63, 3.8) is 0 Å². The molecule has 0 amide bonds. The number of esters is 1. The normalized spacial score (nSPS) is 52.0. The molecule has 0 aromatic heterocycles. The number of carbonyl (C=O) groups is 1. The van der Waals surface area contributed by atoms with Gasteiger partial charge in [-0.2, -0.15) is 0 Å². The van der Waals surface area contributed by atoms with Crippen LogP contribution in [0.4, 0.5) is 0 Å². The molecule has 2 heteroatoms. The van der Waals surface area contributed by atoms with Gasteiger partial charge in [0.05, 0.1) is 0 Å². The van der Waals surface area contributed by atoms with Gasteiger partial charge >= 0.3 is 5.97 Å². The van der Waals surface area contributed by atoms with Gasteiger partial charge in [0.25, 0.3) is 0 Å². The number of rotatable bonds is 1. The van der Waals surface area contributed by atoms with Gasteiger partial charge in [0, 0.05) is 12.3 Å². The third-order valence-corrected chi connectivity index (χ3v) is 12.9. The Morgan fingerprint density at radius 3 is 2.27 bits per heavy atom. The van der Waals surface area contributed by atoms with E-state index in [4.69, 9.17) is 4.74 Å². The molecule has 0 bridgehead atoms. The Morgan fingerprint density at radius 1 is 0.909 bits per heavy atom. The summed E-state index contributed by atoms with van der Waals surface area (Å²) in [6.07, 6.45) is 14.5. The summed E-state index contributed by atoms with van der Waals surface area (Å²) in [7, 11) is 0. The van der Waals surface area contributed by atoms with Gasteiger partial charge in [-0.1, -0.05) is 67.0 Å². The third-order valence-electron chi connectivity index (χ3n) is 12.9. The van der Waals surface area contributed by atoms with E-state index in [0.717, 1.165) is 18.3 Å². The Labute approximate surface area is 203 Å². The van der Waals surface area contributed by atoms with E-state index in [0.29, 0.717) is 33.0 Å². The summed E-state index contributed by atoms with van der Waals surface area (Å²) in [6.45, 7) is 22.0. The standard InChI is InChI=1S/C31H50O2/c1-20(32)33-25-13-14-29(7)23(27(25,4)5)12-15-30(8)24(29)11-10-21-22-18-26(2,3)16-17-28(22,6)19-31(21,30)9/h10,22-25H,11-19H2,1-9H3. The van der Waals surface area contributed by atoms with Gasteiger partial charge in [-0.15, -0.1) is 0 Å².